The second-order valence-electron chi connectivity index (χ2n) is 8.72. The van der Waals surface area contributed by atoms with E-state index in [1.54, 1.807) is 19.2 Å². The zero-order valence-corrected chi connectivity index (χ0v) is 17.1. The molecule has 4 aliphatic rings. The first kappa shape index (κ1) is 18.7. The van der Waals surface area contributed by atoms with Crippen molar-refractivity contribution in [3.8, 4) is 23.0 Å². The molecule has 2 aliphatic heterocycles. The molecule has 1 N–H and O–H groups in total. The van der Waals surface area contributed by atoms with Gasteiger partial charge in [-0.15, -0.1) is 0 Å². The quantitative estimate of drug-likeness (QED) is 0.652. The lowest BCUT2D eigenvalue weighted by molar-refractivity contribution is 0.163. The summed E-state index contributed by atoms with van der Waals surface area (Å²) in [4.78, 5) is 0. The van der Waals surface area contributed by atoms with Crippen LogP contribution in [-0.4, -0.2) is 24.4 Å². The summed E-state index contributed by atoms with van der Waals surface area (Å²) >= 11 is 0. The maximum Gasteiger partial charge on any atom is 0.127 e. The smallest absolute Gasteiger partial charge is 0.127 e. The summed E-state index contributed by atoms with van der Waals surface area (Å²) < 4.78 is 17.0. The Balaban J connectivity index is 0.000000125. The summed E-state index contributed by atoms with van der Waals surface area (Å²) in [5, 5.41) is 9.35. The third-order valence-corrected chi connectivity index (χ3v) is 6.98. The summed E-state index contributed by atoms with van der Waals surface area (Å²) in [6, 6.07) is 11.8. The van der Waals surface area contributed by atoms with Crippen LogP contribution in [0.4, 0.5) is 0 Å². The van der Waals surface area contributed by atoms with Crippen LogP contribution in [0.25, 0.3) is 0 Å². The van der Waals surface area contributed by atoms with E-state index >= 15 is 0 Å². The van der Waals surface area contributed by atoms with E-state index in [1.807, 2.05) is 18.2 Å². The van der Waals surface area contributed by atoms with Gasteiger partial charge in [-0.2, -0.15) is 0 Å². The van der Waals surface area contributed by atoms with Crippen molar-refractivity contribution < 1.29 is 19.3 Å². The molecule has 2 aliphatic carbocycles. The Hall–Kier alpha value is -2.36. The molecule has 154 valence electrons. The lowest BCUT2D eigenvalue weighted by atomic mass is 9.83. The molecule has 29 heavy (non-hydrogen) atoms. The first-order chi connectivity index (χ1) is 14.2. The molecular weight excluding hydrogens is 364 g/mol. The number of phenols is 1. The van der Waals surface area contributed by atoms with Gasteiger partial charge in [0.2, 0.25) is 0 Å². The molecular formula is C25H30O4. The molecule has 4 atom stereocenters. The Morgan fingerprint density at radius 2 is 1.31 bits per heavy atom. The normalized spacial score (nSPS) is 28.4. The van der Waals surface area contributed by atoms with Gasteiger partial charge in [-0.25, -0.2) is 0 Å². The number of fused-ring (bicyclic) bond motifs is 6. The third-order valence-electron chi connectivity index (χ3n) is 6.98. The average Bonchev–Trinajstić information content (AvgIpc) is 3.31. The Morgan fingerprint density at radius 1 is 0.759 bits per heavy atom. The predicted octanol–water partition coefficient (Wildman–Crippen LogP) is 5.92. The second kappa shape index (κ2) is 7.81. The standard InChI is InChI=1S/C13H16O2.C12H14O2/c1-14-9-6-7-11-10-4-2-3-5-12(10)15-13(11)8-9;13-8-5-6-10-9-3-1-2-4-11(9)14-12(10)7-8/h6-8,10,12H,2-5H2,1H3;5-7,9,11,13H,1-4H2. The molecule has 2 heterocycles. The van der Waals surface area contributed by atoms with Crippen LogP contribution in [0, 0.1) is 0 Å². The molecule has 0 aromatic heterocycles. The number of methoxy groups -OCH3 is 1. The third kappa shape index (κ3) is 3.54. The number of hydrogen-bond donors (Lipinski definition) is 1. The van der Waals surface area contributed by atoms with Gasteiger partial charge in [0, 0.05) is 35.1 Å². The zero-order chi connectivity index (χ0) is 19.8. The van der Waals surface area contributed by atoms with E-state index in [-0.39, 0.29) is 0 Å². The molecule has 2 aromatic carbocycles. The van der Waals surface area contributed by atoms with Crippen LogP contribution in [0.15, 0.2) is 36.4 Å². The molecule has 0 spiro atoms. The lowest BCUT2D eigenvalue weighted by Gasteiger charge is -2.23. The van der Waals surface area contributed by atoms with Crippen molar-refractivity contribution in [2.75, 3.05) is 7.11 Å². The van der Waals surface area contributed by atoms with Gasteiger partial charge in [-0.1, -0.05) is 25.0 Å². The van der Waals surface area contributed by atoms with Gasteiger partial charge in [0.15, 0.2) is 0 Å². The van der Waals surface area contributed by atoms with E-state index in [4.69, 9.17) is 14.2 Å². The highest BCUT2D eigenvalue weighted by atomic mass is 16.5. The van der Waals surface area contributed by atoms with Gasteiger partial charge in [0.25, 0.3) is 0 Å². The van der Waals surface area contributed by atoms with Crippen molar-refractivity contribution in [3.63, 3.8) is 0 Å². The van der Waals surface area contributed by atoms with Gasteiger partial charge in [0.05, 0.1) is 7.11 Å². The second-order valence-corrected chi connectivity index (χ2v) is 8.72. The Kier molecular flexibility index (Phi) is 5.03. The number of ether oxygens (including phenoxy) is 3. The summed E-state index contributed by atoms with van der Waals surface area (Å²) in [5.41, 5.74) is 2.69. The molecule has 2 saturated carbocycles. The van der Waals surface area contributed by atoms with Crippen molar-refractivity contribution in [2.24, 2.45) is 0 Å². The van der Waals surface area contributed by atoms with Gasteiger partial charge in [-0.05, 0) is 50.7 Å². The topological polar surface area (TPSA) is 47.9 Å². The maximum atomic E-state index is 9.35. The maximum absolute atomic E-state index is 9.35. The van der Waals surface area contributed by atoms with Crippen LogP contribution < -0.4 is 14.2 Å². The van der Waals surface area contributed by atoms with Crippen molar-refractivity contribution in [3.05, 3.63) is 47.5 Å². The summed E-state index contributed by atoms with van der Waals surface area (Å²) in [6.07, 6.45) is 10.9. The average molecular weight is 395 g/mol. The predicted molar refractivity (Wildman–Crippen MR) is 112 cm³/mol. The van der Waals surface area contributed by atoms with Crippen molar-refractivity contribution in [2.45, 2.75) is 75.4 Å². The number of rotatable bonds is 1. The van der Waals surface area contributed by atoms with Crippen LogP contribution >= 0.6 is 0 Å². The van der Waals surface area contributed by atoms with E-state index in [0.29, 0.717) is 29.8 Å². The highest BCUT2D eigenvalue weighted by Crippen LogP contribution is 2.47. The van der Waals surface area contributed by atoms with Crippen LogP contribution in [-0.2, 0) is 0 Å². The minimum atomic E-state index is 0.308. The van der Waals surface area contributed by atoms with E-state index in [0.717, 1.165) is 17.2 Å². The monoisotopic (exact) mass is 394 g/mol. The molecule has 6 rings (SSSR count). The largest absolute Gasteiger partial charge is 0.508 e. The first-order valence-electron chi connectivity index (χ1n) is 11.1. The van der Waals surface area contributed by atoms with Crippen LogP contribution in [0.3, 0.4) is 0 Å². The highest BCUT2D eigenvalue weighted by molar-refractivity contribution is 5.47. The molecule has 4 unspecified atom stereocenters. The van der Waals surface area contributed by atoms with Crippen LogP contribution in [0.5, 0.6) is 23.0 Å². The first-order valence-corrected chi connectivity index (χ1v) is 11.1. The van der Waals surface area contributed by atoms with Gasteiger partial charge in [0.1, 0.15) is 35.2 Å². The zero-order valence-electron chi connectivity index (χ0n) is 17.1. The minimum Gasteiger partial charge on any atom is -0.508 e. The minimum absolute atomic E-state index is 0.308. The molecule has 0 bridgehead atoms. The Morgan fingerprint density at radius 3 is 1.93 bits per heavy atom. The molecule has 0 amide bonds. The molecule has 0 radical (unpaired) electrons. The fourth-order valence-electron chi connectivity index (χ4n) is 5.50. The SMILES string of the molecule is COc1ccc2c(c1)OC1CCCCC21.Oc1ccc2c(c1)OC1CCCCC21. The van der Waals surface area contributed by atoms with Gasteiger partial charge in [-0.3, -0.25) is 0 Å². The molecule has 0 saturated heterocycles. The van der Waals surface area contributed by atoms with Crippen molar-refractivity contribution in [1.29, 1.82) is 0 Å². The molecule has 4 nitrogen and oxygen atoms in total. The summed E-state index contributed by atoms with van der Waals surface area (Å²) in [5.74, 6) is 4.38. The Labute approximate surface area is 172 Å². The number of benzene rings is 2. The number of hydrogen-bond acceptors (Lipinski definition) is 4. The van der Waals surface area contributed by atoms with E-state index in [2.05, 4.69) is 6.07 Å². The lowest BCUT2D eigenvalue weighted by Crippen LogP contribution is -2.22. The Bertz CT molecular complexity index is 877. The van der Waals surface area contributed by atoms with E-state index < -0.39 is 0 Å². The van der Waals surface area contributed by atoms with Crippen LogP contribution in [0.2, 0.25) is 0 Å². The van der Waals surface area contributed by atoms with Crippen molar-refractivity contribution >= 4 is 0 Å². The van der Waals surface area contributed by atoms with Gasteiger partial charge < -0.3 is 19.3 Å². The molecule has 2 aromatic rings. The van der Waals surface area contributed by atoms with Gasteiger partial charge >= 0.3 is 0 Å². The van der Waals surface area contributed by atoms with Crippen molar-refractivity contribution in [1.82, 2.24) is 0 Å². The summed E-state index contributed by atoms with van der Waals surface area (Å²) in [7, 11) is 1.70. The fraction of sp³-hybridized carbons (Fsp3) is 0.520. The highest BCUT2D eigenvalue weighted by Gasteiger charge is 2.37. The molecule has 2 fully saturated rings. The van der Waals surface area contributed by atoms with Crippen LogP contribution in [0.1, 0.15) is 74.3 Å². The van der Waals surface area contributed by atoms with E-state index in [9.17, 15) is 5.11 Å². The summed E-state index contributed by atoms with van der Waals surface area (Å²) in [6.45, 7) is 0. The fourth-order valence-corrected chi connectivity index (χ4v) is 5.50. The number of phenolic OH excluding ortho intramolecular Hbond substituents is 1. The number of aromatic hydroxyl groups is 1. The van der Waals surface area contributed by atoms with E-state index in [1.165, 1.54) is 62.5 Å². The molecule has 4 heteroatoms.